The fourth-order valence-electron chi connectivity index (χ4n) is 2.54. The number of quaternary nitrogens is 1. The molecule has 3 fully saturated rings. The quantitative estimate of drug-likeness (QED) is 0.601. The maximum absolute atomic E-state index is 10.8. The maximum atomic E-state index is 10.8. The fraction of sp³-hybridized carbons (Fsp3) is 0.462. The number of aromatic carboxylic acids is 1. The van der Waals surface area contributed by atoms with Gasteiger partial charge in [-0.05, 0) is 6.07 Å². The van der Waals surface area contributed by atoms with E-state index in [-0.39, 0.29) is 0 Å². The largest absolute Gasteiger partial charge is 0.545 e. The molecule has 2 bridgehead atoms. The average molecular weight is 313 g/mol. The highest BCUT2D eigenvalue weighted by atomic mass is 32.2. The van der Waals surface area contributed by atoms with Crippen molar-refractivity contribution in [3.8, 4) is 0 Å². The third-order valence-corrected chi connectivity index (χ3v) is 4.73. The summed E-state index contributed by atoms with van der Waals surface area (Å²) in [6.45, 7) is 8.28. The number of rotatable bonds is 2. The van der Waals surface area contributed by atoms with Crippen LogP contribution in [0.5, 0.6) is 0 Å². The molecule has 3 saturated heterocycles. The first-order valence-corrected chi connectivity index (χ1v) is 8.31. The SMILES string of the molecule is C1C[NH+]2CCN1CC2.NS(=O)(=O)c1ccccc1C(=O)[O-]. The van der Waals surface area contributed by atoms with Gasteiger partial charge in [0.05, 0.1) is 30.5 Å². The number of hydrogen-bond donors (Lipinski definition) is 2. The molecule has 0 unspecified atom stereocenters. The van der Waals surface area contributed by atoms with Crippen molar-refractivity contribution in [2.24, 2.45) is 5.14 Å². The van der Waals surface area contributed by atoms with Crippen LogP contribution in [-0.2, 0) is 10.0 Å². The molecule has 8 heteroatoms. The van der Waals surface area contributed by atoms with Gasteiger partial charge >= 0.3 is 0 Å². The fourth-order valence-corrected chi connectivity index (χ4v) is 3.27. The van der Waals surface area contributed by atoms with Crippen molar-refractivity contribution >= 4 is 16.0 Å². The first-order valence-electron chi connectivity index (χ1n) is 6.77. The minimum atomic E-state index is -4.00. The van der Waals surface area contributed by atoms with Crippen molar-refractivity contribution in [3.05, 3.63) is 29.8 Å². The number of hydrogen-bond acceptors (Lipinski definition) is 5. The second-order valence-corrected chi connectivity index (χ2v) is 6.70. The molecule has 0 aromatic heterocycles. The summed E-state index contributed by atoms with van der Waals surface area (Å²) in [4.78, 5) is 14.4. The van der Waals surface area contributed by atoms with Gasteiger partial charge in [-0.25, -0.2) is 13.6 Å². The lowest BCUT2D eigenvalue weighted by atomic mass is 10.2. The van der Waals surface area contributed by atoms with Crippen LogP contribution >= 0.6 is 0 Å². The van der Waals surface area contributed by atoms with Crippen LogP contribution in [0.4, 0.5) is 0 Å². The third kappa shape index (κ3) is 4.24. The summed E-state index contributed by atoms with van der Waals surface area (Å²) in [5, 5.41) is 15.2. The number of nitrogens with two attached hydrogens (primary N) is 1. The summed E-state index contributed by atoms with van der Waals surface area (Å²) in [5.41, 5.74) is -0.426. The van der Waals surface area contributed by atoms with Crippen molar-refractivity contribution in [1.29, 1.82) is 0 Å². The Morgan fingerprint density at radius 2 is 1.67 bits per heavy atom. The van der Waals surface area contributed by atoms with E-state index in [1.165, 1.54) is 51.4 Å². The topological polar surface area (TPSA) is 108 Å². The van der Waals surface area contributed by atoms with E-state index < -0.39 is 26.5 Å². The highest BCUT2D eigenvalue weighted by Crippen LogP contribution is 2.12. The number of carboxylic acids is 1. The van der Waals surface area contributed by atoms with Gasteiger partial charge in [-0.3, -0.25) is 4.90 Å². The van der Waals surface area contributed by atoms with Crippen molar-refractivity contribution in [2.45, 2.75) is 4.90 Å². The Hall–Kier alpha value is -1.48. The van der Waals surface area contributed by atoms with Gasteiger partial charge in [0, 0.05) is 25.2 Å². The van der Waals surface area contributed by atoms with E-state index in [0.29, 0.717) is 0 Å². The van der Waals surface area contributed by atoms with Crippen LogP contribution in [0.15, 0.2) is 29.2 Å². The number of carboxylic acid groups (broad SMARTS) is 1. The Bertz CT molecular complexity index is 587. The molecule has 0 radical (unpaired) electrons. The summed E-state index contributed by atoms with van der Waals surface area (Å²) < 4.78 is 21.7. The Balaban J connectivity index is 0.000000170. The summed E-state index contributed by atoms with van der Waals surface area (Å²) in [6.07, 6.45) is 0. The molecule has 116 valence electrons. The first-order chi connectivity index (χ1) is 9.88. The van der Waals surface area contributed by atoms with E-state index in [1.54, 1.807) is 0 Å². The Labute approximate surface area is 124 Å². The summed E-state index contributed by atoms with van der Waals surface area (Å²) in [6, 6.07) is 5.00. The monoisotopic (exact) mass is 313 g/mol. The Kier molecular flexibility index (Phi) is 4.94. The number of nitrogens with zero attached hydrogens (tertiary/aromatic N) is 1. The molecule has 3 N–H and O–H groups in total. The minimum absolute atomic E-state index is 0.426. The van der Waals surface area contributed by atoms with Crippen molar-refractivity contribution in [3.63, 3.8) is 0 Å². The lowest BCUT2D eigenvalue weighted by Gasteiger charge is -2.38. The van der Waals surface area contributed by atoms with Gasteiger partial charge in [-0.2, -0.15) is 0 Å². The molecule has 0 spiro atoms. The van der Waals surface area contributed by atoms with Crippen LogP contribution < -0.4 is 15.1 Å². The van der Waals surface area contributed by atoms with Gasteiger partial charge in [-0.15, -0.1) is 0 Å². The standard InChI is InChI=1S/C7H7NO4S.C6H12N2/c8-13(11,12)6-4-2-1-3-5(6)7(9)10;1-2-8-5-3-7(1)4-6-8/h1-4H,(H,9,10)(H2,8,11,12);1-6H2. The van der Waals surface area contributed by atoms with E-state index in [1.807, 2.05) is 4.90 Å². The zero-order chi connectivity index (χ0) is 15.5. The summed E-state index contributed by atoms with van der Waals surface area (Å²) >= 11 is 0. The third-order valence-electron chi connectivity index (χ3n) is 3.76. The number of benzene rings is 1. The molecule has 4 rings (SSSR count). The average Bonchev–Trinajstić information content (AvgIpc) is 2.49. The number of carbonyl (C=O) groups excluding carboxylic acids is 1. The van der Waals surface area contributed by atoms with E-state index >= 15 is 0 Å². The number of piperazine rings is 3. The van der Waals surface area contributed by atoms with Crippen LogP contribution in [0.25, 0.3) is 0 Å². The highest BCUT2D eigenvalue weighted by molar-refractivity contribution is 7.89. The van der Waals surface area contributed by atoms with Crippen LogP contribution in [-0.4, -0.2) is 58.6 Å². The number of fused-ring (bicyclic) bond motifs is 3. The minimum Gasteiger partial charge on any atom is -0.545 e. The van der Waals surface area contributed by atoms with Crippen LogP contribution in [0, 0.1) is 0 Å². The van der Waals surface area contributed by atoms with Gasteiger partial charge in [0.1, 0.15) is 0 Å². The molecule has 0 amide bonds. The molecule has 0 saturated carbocycles. The molecule has 1 aromatic carbocycles. The van der Waals surface area contributed by atoms with Gasteiger partial charge in [0.15, 0.2) is 0 Å². The van der Waals surface area contributed by atoms with Gasteiger partial charge < -0.3 is 14.8 Å². The van der Waals surface area contributed by atoms with E-state index in [9.17, 15) is 18.3 Å². The zero-order valence-corrected chi connectivity index (χ0v) is 12.4. The van der Waals surface area contributed by atoms with E-state index in [2.05, 4.69) is 4.90 Å². The molecule has 7 nitrogen and oxygen atoms in total. The maximum Gasteiger partial charge on any atom is 0.238 e. The predicted octanol–water partition coefficient (Wildman–Crippen LogP) is -3.10. The Morgan fingerprint density at radius 3 is 1.95 bits per heavy atom. The van der Waals surface area contributed by atoms with Crippen molar-refractivity contribution < 1.29 is 23.2 Å². The predicted molar refractivity (Wildman–Crippen MR) is 74.1 cm³/mol. The Morgan fingerprint density at radius 1 is 1.14 bits per heavy atom. The second kappa shape index (κ2) is 6.52. The van der Waals surface area contributed by atoms with Gasteiger partial charge in [0.25, 0.3) is 0 Å². The number of sulfonamides is 1. The van der Waals surface area contributed by atoms with E-state index in [0.717, 1.165) is 12.1 Å². The lowest BCUT2D eigenvalue weighted by molar-refractivity contribution is -0.914. The molecular weight excluding hydrogens is 294 g/mol. The van der Waals surface area contributed by atoms with Crippen LogP contribution in [0.2, 0.25) is 0 Å². The van der Waals surface area contributed by atoms with Crippen LogP contribution in [0.3, 0.4) is 0 Å². The first kappa shape index (κ1) is 15.9. The van der Waals surface area contributed by atoms with Crippen LogP contribution in [0.1, 0.15) is 10.4 Å². The van der Waals surface area contributed by atoms with Crippen molar-refractivity contribution in [2.75, 3.05) is 39.3 Å². The normalized spacial score (nSPS) is 24.0. The second-order valence-electron chi connectivity index (χ2n) is 5.17. The molecule has 0 atom stereocenters. The number of carbonyl (C=O) groups is 1. The molecule has 1 aromatic rings. The van der Waals surface area contributed by atoms with E-state index in [4.69, 9.17) is 5.14 Å². The summed E-state index contributed by atoms with van der Waals surface area (Å²) in [7, 11) is -4.00. The molecular formula is C13H19N3O4S. The number of primary sulfonamides is 1. The smallest absolute Gasteiger partial charge is 0.238 e. The molecule has 3 aliphatic rings. The lowest BCUT2D eigenvalue weighted by Crippen LogP contribution is -3.17. The van der Waals surface area contributed by atoms with Crippen molar-refractivity contribution in [1.82, 2.24) is 4.90 Å². The highest BCUT2D eigenvalue weighted by Gasteiger charge is 2.25. The molecule has 21 heavy (non-hydrogen) atoms. The molecule has 3 aliphatic heterocycles. The number of nitrogens with one attached hydrogen (secondary N) is 1. The molecule has 3 heterocycles. The summed E-state index contributed by atoms with van der Waals surface area (Å²) in [5.74, 6) is -1.57. The zero-order valence-electron chi connectivity index (χ0n) is 11.6. The molecule has 0 aliphatic carbocycles. The van der Waals surface area contributed by atoms with Gasteiger partial charge in [0.2, 0.25) is 10.0 Å². The van der Waals surface area contributed by atoms with Gasteiger partial charge in [-0.1, -0.05) is 18.2 Å².